The van der Waals surface area contributed by atoms with E-state index in [9.17, 15) is 20.0 Å². The predicted octanol–water partition coefficient (Wildman–Crippen LogP) is 5.60. The van der Waals surface area contributed by atoms with Crippen LogP contribution in [-0.2, 0) is 4.79 Å². The number of aromatic nitrogens is 2. The highest BCUT2D eigenvalue weighted by Crippen LogP contribution is 2.39. The molecule has 35 heavy (non-hydrogen) atoms. The second kappa shape index (κ2) is 9.69. The van der Waals surface area contributed by atoms with Crippen LogP contribution < -0.4 is 10.1 Å². The van der Waals surface area contributed by atoms with Gasteiger partial charge in [0.1, 0.15) is 17.4 Å². The summed E-state index contributed by atoms with van der Waals surface area (Å²) < 4.78 is 5.66. The molecule has 1 aliphatic carbocycles. The van der Waals surface area contributed by atoms with Crippen molar-refractivity contribution in [1.82, 2.24) is 9.97 Å². The molecule has 2 atom stereocenters. The standard InChI is InChI=1S/C26H28N4O5/c1-14-9-19(11-20(10-14)30(33)34)15(2)27-25-22-12-21(17-5-7-18(8-6-17)26(31)32)24(35-4)13-23(22)28-16(3)29-25/h5,9-13,15,18H,6-8H2,1-4H3,(H,31,32)(H,27,28,29)/t15-,18?/m1/s1. The quantitative estimate of drug-likeness (QED) is 0.333. The number of fused-ring (bicyclic) bond motifs is 1. The number of methoxy groups -OCH3 is 1. The van der Waals surface area contributed by atoms with E-state index in [-0.39, 0.29) is 17.6 Å². The Labute approximate surface area is 203 Å². The summed E-state index contributed by atoms with van der Waals surface area (Å²) in [7, 11) is 1.61. The van der Waals surface area contributed by atoms with Gasteiger partial charge in [0.15, 0.2) is 0 Å². The largest absolute Gasteiger partial charge is 0.496 e. The number of rotatable bonds is 7. The molecule has 0 spiro atoms. The molecule has 1 aromatic heterocycles. The van der Waals surface area contributed by atoms with Crippen molar-refractivity contribution >= 4 is 34.0 Å². The molecule has 1 heterocycles. The topological polar surface area (TPSA) is 127 Å². The fraction of sp³-hybridized carbons (Fsp3) is 0.346. The molecule has 0 amide bonds. The SMILES string of the molecule is COc1cc2nc(C)nc(N[C@H](C)c3cc(C)cc([N+](=O)[O-])c3)c2cc1C1=CCC(C(=O)O)CC1. The van der Waals surface area contributed by atoms with E-state index >= 15 is 0 Å². The molecule has 182 valence electrons. The van der Waals surface area contributed by atoms with Crippen molar-refractivity contribution in [2.75, 3.05) is 12.4 Å². The number of hydrogen-bond donors (Lipinski definition) is 2. The third kappa shape index (κ3) is 5.08. The van der Waals surface area contributed by atoms with Crippen LogP contribution in [0.1, 0.15) is 54.7 Å². The van der Waals surface area contributed by atoms with E-state index in [2.05, 4.69) is 15.3 Å². The van der Waals surface area contributed by atoms with Gasteiger partial charge in [0.05, 0.1) is 29.5 Å². The Bertz CT molecular complexity index is 1350. The third-order valence-electron chi connectivity index (χ3n) is 6.38. The van der Waals surface area contributed by atoms with Crippen molar-refractivity contribution in [3.8, 4) is 5.75 Å². The summed E-state index contributed by atoms with van der Waals surface area (Å²) in [5, 5.41) is 24.9. The normalized spacial score (nSPS) is 16.5. The van der Waals surface area contributed by atoms with Gasteiger partial charge in [-0.25, -0.2) is 9.97 Å². The average molecular weight is 477 g/mol. The van der Waals surface area contributed by atoms with Crippen molar-refractivity contribution in [1.29, 1.82) is 0 Å². The van der Waals surface area contributed by atoms with Crippen LogP contribution in [0.15, 0.2) is 36.4 Å². The van der Waals surface area contributed by atoms with Gasteiger partial charge in [-0.15, -0.1) is 0 Å². The first-order valence-electron chi connectivity index (χ1n) is 11.5. The molecular weight excluding hydrogens is 448 g/mol. The summed E-state index contributed by atoms with van der Waals surface area (Å²) in [5.74, 6) is 0.731. The number of ether oxygens (including phenoxy) is 1. The van der Waals surface area contributed by atoms with E-state index in [1.165, 1.54) is 0 Å². The van der Waals surface area contributed by atoms with Gasteiger partial charge in [0.25, 0.3) is 5.69 Å². The van der Waals surface area contributed by atoms with Gasteiger partial charge >= 0.3 is 5.97 Å². The lowest BCUT2D eigenvalue weighted by molar-refractivity contribution is -0.385. The molecule has 0 aliphatic heterocycles. The Hall–Kier alpha value is -4.01. The van der Waals surface area contributed by atoms with Crippen molar-refractivity contribution in [2.24, 2.45) is 5.92 Å². The number of nitro benzene ring substituents is 1. The third-order valence-corrected chi connectivity index (χ3v) is 6.38. The van der Waals surface area contributed by atoms with E-state index in [0.717, 1.165) is 27.6 Å². The highest BCUT2D eigenvalue weighted by atomic mass is 16.6. The number of nitro groups is 1. The maximum absolute atomic E-state index is 11.4. The van der Waals surface area contributed by atoms with Gasteiger partial charge in [0, 0.05) is 29.1 Å². The van der Waals surface area contributed by atoms with E-state index in [4.69, 9.17) is 4.74 Å². The van der Waals surface area contributed by atoms with Gasteiger partial charge in [-0.3, -0.25) is 14.9 Å². The number of non-ortho nitro benzene ring substituents is 1. The number of carboxylic acids is 1. The van der Waals surface area contributed by atoms with Gasteiger partial charge < -0.3 is 15.2 Å². The van der Waals surface area contributed by atoms with Crippen LogP contribution in [0.25, 0.3) is 16.5 Å². The Morgan fingerprint density at radius 1 is 1.23 bits per heavy atom. The first kappa shape index (κ1) is 24.1. The van der Waals surface area contributed by atoms with Crippen molar-refractivity contribution in [3.63, 3.8) is 0 Å². The van der Waals surface area contributed by atoms with E-state index in [0.29, 0.717) is 42.2 Å². The monoisotopic (exact) mass is 476 g/mol. The zero-order valence-electron chi connectivity index (χ0n) is 20.2. The molecule has 3 aromatic rings. The number of benzene rings is 2. The molecule has 4 rings (SSSR count). The van der Waals surface area contributed by atoms with E-state index in [1.807, 2.05) is 45.0 Å². The molecule has 9 heteroatoms. The summed E-state index contributed by atoms with van der Waals surface area (Å²) >= 11 is 0. The lowest BCUT2D eigenvalue weighted by atomic mass is 9.86. The van der Waals surface area contributed by atoms with Crippen LogP contribution in [0.5, 0.6) is 5.75 Å². The lowest BCUT2D eigenvalue weighted by Crippen LogP contribution is -2.16. The van der Waals surface area contributed by atoms with E-state index < -0.39 is 10.9 Å². The van der Waals surface area contributed by atoms with Gasteiger partial charge in [0.2, 0.25) is 0 Å². The second-order valence-electron chi connectivity index (χ2n) is 8.95. The highest BCUT2D eigenvalue weighted by Gasteiger charge is 2.24. The molecule has 0 bridgehead atoms. The van der Waals surface area contributed by atoms with Crippen LogP contribution >= 0.6 is 0 Å². The minimum absolute atomic E-state index is 0.0494. The maximum atomic E-state index is 11.4. The Kier molecular flexibility index (Phi) is 6.68. The van der Waals surface area contributed by atoms with E-state index in [1.54, 1.807) is 19.2 Å². The Balaban J connectivity index is 1.75. The number of aryl methyl sites for hydroxylation is 2. The summed E-state index contributed by atoms with van der Waals surface area (Å²) in [6.45, 7) is 5.57. The molecular formula is C26H28N4O5. The van der Waals surface area contributed by atoms with Crippen LogP contribution in [-0.4, -0.2) is 33.1 Å². The number of carbonyl (C=O) groups is 1. The first-order valence-corrected chi connectivity index (χ1v) is 11.5. The molecule has 0 saturated carbocycles. The fourth-order valence-electron chi connectivity index (χ4n) is 4.54. The zero-order chi connectivity index (χ0) is 25.3. The molecule has 9 nitrogen and oxygen atoms in total. The number of allylic oxidation sites excluding steroid dienone is 2. The number of carboxylic acid groups (broad SMARTS) is 1. The number of hydrogen-bond acceptors (Lipinski definition) is 7. The zero-order valence-corrected chi connectivity index (χ0v) is 20.2. The Morgan fingerprint density at radius 3 is 2.63 bits per heavy atom. The van der Waals surface area contributed by atoms with Crippen LogP contribution in [0.4, 0.5) is 11.5 Å². The van der Waals surface area contributed by atoms with Crippen LogP contribution in [0.3, 0.4) is 0 Å². The fourth-order valence-corrected chi connectivity index (χ4v) is 4.54. The van der Waals surface area contributed by atoms with Crippen molar-refractivity contribution < 1.29 is 19.6 Å². The maximum Gasteiger partial charge on any atom is 0.306 e. The number of nitrogens with zero attached hydrogens (tertiary/aromatic N) is 3. The minimum atomic E-state index is -0.772. The van der Waals surface area contributed by atoms with Crippen molar-refractivity contribution in [3.05, 3.63) is 69.0 Å². The van der Waals surface area contributed by atoms with Crippen molar-refractivity contribution in [2.45, 2.75) is 46.1 Å². The van der Waals surface area contributed by atoms with Gasteiger partial charge in [-0.05, 0) is 62.8 Å². The average Bonchev–Trinajstić information content (AvgIpc) is 2.82. The van der Waals surface area contributed by atoms with Gasteiger partial charge in [-0.2, -0.15) is 0 Å². The summed E-state index contributed by atoms with van der Waals surface area (Å²) in [4.78, 5) is 31.5. The van der Waals surface area contributed by atoms with Crippen LogP contribution in [0.2, 0.25) is 0 Å². The molecule has 1 aliphatic rings. The number of aliphatic carboxylic acids is 1. The molecule has 2 aromatic carbocycles. The molecule has 0 saturated heterocycles. The van der Waals surface area contributed by atoms with Gasteiger partial charge in [-0.1, -0.05) is 12.1 Å². The lowest BCUT2D eigenvalue weighted by Gasteiger charge is -2.22. The molecule has 0 radical (unpaired) electrons. The summed E-state index contributed by atoms with van der Waals surface area (Å²) in [6.07, 6.45) is 3.66. The second-order valence-corrected chi connectivity index (χ2v) is 8.95. The van der Waals surface area contributed by atoms with Crippen LogP contribution in [0, 0.1) is 29.9 Å². The predicted molar refractivity (Wildman–Crippen MR) is 134 cm³/mol. The minimum Gasteiger partial charge on any atom is -0.496 e. The first-order chi connectivity index (χ1) is 16.7. The number of nitrogens with one attached hydrogen (secondary N) is 1. The molecule has 0 fully saturated rings. The molecule has 2 N–H and O–H groups in total. The Morgan fingerprint density at radius 2 is 2.00 bits per heavy atom. The number of anilines is 1. The highest BCUT2D eigenvalue weighted by molar-refractivity contribution is 5.94. The summed E-state index contributed by atoms with van der Waals surface area (Å²) in [5.41, 5.74) is 4.27. The molecule has 1 unspecified atom stereocenters. The smallest absolute Gasteiger partial charge is 0.306 e. The summed E-state index contributed by atoms with van der Waals surface area (Å²) in [6, 6.07) is 8.64.